The van der Waals surface area contributed by atoms with Crippen molar-refractivity contribution in [1.82, 2.24) is 10.7 Å². The van der Waals surface area contributed by atoms with E-state index in [0.717, 1.165) is 12.1 Å². The molecule has 2 aromatic rings. The highest BCUT2D eigenvalue weighted by Gasteiger charge is 2.30. The molecule has 23 heavy (non-hydrogen) atoms. The molecule has 122 valence electrons. The summed E-state index contributed by atoms with van der Waals surface area (Å²) in [6.45, 7) is 2.56. The molecule has 0 saturated heterocycles. The Morgan fingerprint density at radius 3 is 2.78 bits per heavy atom. The molecule has 0 aliphatic carbocycles. The van der Waals surface area contributed by atoms with Crippen LogP contribution in [0.2, 0.25) is 0 Å². The van der Waals surface area contributed by atoms with Crippen LogP contribution in [0.4, 0.5) is 13.2 Å². The number of alkyl halides is 3. The third-order valence-electron chi connectivity index (χ3n) is 2.80. The van der Waals surface area contributed by atoms with Gasteiger partial charge in [-0.05, 0) is 43.4 Å². The number of hydrogen-bond donors (Lipinski definition) is 2. The van der Waals surface area contributed by atoms with E-state index in [2.05, 4.69) is 15.8 Å². The van der Waals surface area contributed by atoms with Crippen LogP contribution >= 0.6 is 12.2 Å². The molecule has 1 heterocycles. The molecule has 0 fully saturated rings. The van der Waals surface area contributed by atoms with Gasteiger partial charge in [-0.1, -0.05) is 12.1 Å². The lowest BCUT2D eigenvalue weighted by atomic mass is 10.1. The molecule has 4 nitrogen and oxygen atoms in total. The van der Waals surface area contributed by atoms with E-state index >= 15 is 0 Å². The highest BCUT2D eigenvalue weighted by molar-refractivity contribution is 7.80. The molecule has 0 radical (unpaired) electrons. The SMILES string of the molecule is CCNC(=S)N/N=C/c1ccc(-c2cccc(C(F)(F)F)c2)o1. The fraction of sp³-hybridized carbons (Fsp3) is 0.200. The van der Waals surface area contributed by atoms with Gasteiger partial charge in [-0.15, -0.1) is 0 Å². The van der Waals surface area contributed by atoms with E-state index in [1.165, 1.54) is 12.3 Å². The number of nitrogens with one attached hydrogen (secondary N) is 2. The zero-order valence-electron chi connectivity index (χ0n) is 12.1. The summed E-state index contributed by atoms with van der Waals surface area (Å²) >= 11 is 4.93. The summed E-state index contributed by atoms with van der Waals surface area (Å²) in [5.74, 6) is 0.719. The van der Waals surface area contributed by atoms with E-state index in [9.17, 15) is 13.2 Å². The van der Waals surface area contributed by atoms with Crippen LogP contribution in [-0.2, 0) is 6.18 Å². The number of furan rings is 1. The van der Waals surface area contributed by atoms with Gasteiger partial charge in [0.25, 0.3) is 0 Å². The van der Waals surface area contributed by atoms with Gasteiger partial charge in [0, 0.05) is 12.1 Å². The minimum atomic E-state index is -4.39. The molecule has 1 aromatic heterocycles. The van der Waals surface area contributed by atoms with E-state index in [1.54, 1.807) is 18.2 Å². The van der Waals surface area contributed by atoms with Crippen molar-refractivity contribution < 1.29 is 17.6 Å². The lowest BCUT2D eigenvalue weighted by molar-refractivity contribution is -0.137. The lowest BCUT2D eigenvalue weighted by Crippen LogP contribution is -2.31. The van der Waals surface area contributed by atoms with Crippen LogP contribution in [0.25, 0.3) is 11.3 Å². The molecule has 2 rings (SSSR count). The van der Waals surface area contributed by atoms with Crippen LogP contribution in [-0.4, -0.2) is 17.9 Å². The van der Waals surface area contributed by atoms with E-state index in [-0.39, 0.29) is 0 Å². The van der Waals surface area contributed by atoms with Crippen LogP contribution in [0.1, 0.15) is 18.2 Å². The molecule has 0 saturated carbocycles. The van der Waals surface area contributed by atoms with E-state index in [1.807, 2.05) is 6.92 Å². The van der Waals surface area contributed by atoms with Crippen LogP contribution in [0.5, 0.6) is 0 Å². The van der Waals surface area contributed by atoms with Crippen LogP contribution in [0.15, 0.2) is 45.9 Å². The number of thiocarbonyl (C=S) groups is 1. The molecule has 0 spiro atoms. The second-order valence-electron chi connectivity index (χ2n) is 4.51. The number of benzene rings is 1. The largest absolute Gasteiger partial charge is 0.455 e. The molecule has 1 aromatic carbocycles. The summed E-state index contributed by atoms with van der Waals surface area (Å²) in [4.78, 5) is 0. The molecule has 2 N–H and O–H groups in total. The third-order valence-corrected chi connectivity index (χ3v) is 3.03. The molecule has 0 bridgehead atoms. The molecule has 0 amide bonds. The van der Waals surface area contributed by atoms with Crippen molar-refractivity contribution >= 4 is 23.5 Å². The van der Waals surface area contributed by atoms with Gasteiger partial charge in [-0.25, -0.2) is 0 Å². The van der Waals surface area contributed by atoms with Gasteiger partial charge in [0.2, 0.25) is 0 Å². The van der Waals surface area contributed by atoms with Gasteiger partial charge in [-0.3, -0.25) is 5.43 Å². The first-order chi connectivity index (χ1) is 10.9. The third kappa shape index (κ3) is 4.82. The maximum absolute atomic E-state index is 12.7. The molecule has 8 heteroatoms. The Morgan fingerprint density at radius 2 is 2.09 bits per heavy atom. The normalized spacial score (nSPS) is 11.7. The predicted molar refractivity (Wildman–Crippen MR) is 86.2 cm³/mol. The summed E-state index contributed by atoms with van der Waals surface area (Å²) in [6, 6.07) is 8.13. The molecule has 0 atom stereocenters. The van der Waals surface area contributed by atoms with Crippen LogP contribution in [0.3, 0.4) is 0 Å². The van der Waals surface area contributed by atoms with Crippen molar-refractivity contribution in [3.63, 3.8) is 0 Å². The summed E-state index contributed by atoms with van der Waals surface area (Å²) in [5.41, 5.74) is 2.21. The fourth-order valence-electron chi connectivity index (χ4n) is 1.78. The molecule has 0 unspecified atom stereocenters. The summed E-state index contributed by atoms with van der Waals surface area (Å²) in [6.07, 6.45) is -3.00. The molecular weight excluding hydrogens is 327 g/mol. The quantitative estimate of drug-likeness (QED) is 0.505. The first-order valence-corrected chi connectivity index (χ1v) is 7.15. The maximum atomic E-state index is 12.7. The summed E-state index contributed by atoms with van der Waals surface area (Å²) in [7, 11) is 0. The van der Waals surface area contributed by atoms with Crippen LogP contribution in [0, 0.1) is 0 Å². The average molecular weight is 341 g/mol. The van der Waals surface area contributed by atoms with Gasteiger partial charge in [0.05, 0.1) is 11.8 Å². The Hall–Kier alpha value is -2.35. The smallest absolute Gasteiger partial charge is 0.416 e. The Kier molecular flexibility index (Phi) is 5.38. The van der Waals surface area contributed by atoms with Crippen molar-refractivity contribution in [3.8, 4) is 11.3 Å². The Balaban J connectivity index is 2.10. The minimum absolute atomic E-state index is 0.326. The Bertz CT molecular complexity index is 710. The lowest BCUT2D eigenvalue weighted by Gasteiger charge is -2.07. The monoisotopic (exact) mass is 341 g/mol. The zero-order valence-corrected chi connectivity index (χ0v) is 13.0. The van der Waals surface area contributed by atoms with Crippen molar-refractivity contribution in [2.75, 3.05) is 6.54 Å². The average Bonchev–Trinajstić information content (AvgIpc) is 2.96. The van der Waals surface area contributed by atoms with E-state index in [4.69, 9.17) is 16.6 Å². The van der Waals surface area contributed by atoms with Crippen molar-refractivity contribution in [2.45, 2.75) is 13.1 Å². The van der Waals surface area contributed by atoms with Crippen molar-refractivity contribution in [1.29, 1.82) is 0 Å². The Morgan fingerprint density at radius 1 is 1.30 bits per heavy atom. The van der Waals surface area contributed by atoms with Crippen molar-refractivity contribution in [3.05, 3.63) is 47.7 Å². The van der Waals surface area contributed by atoms with Crippen LogP contribution < -0.4 is 10.7 Å². The number of rotatable bonds is 4. The van der Waals surface area contributed by atoms with E-state index in [0.29, 0.717) is 28.7 Å². The second-order valence-corrected chi connectivity index (χ2v) is 4.92. The molecule has 0 aliphatic rings. The highest BCUT2D eigenvalue weighted by Crippen LogP contribution is 2.32. The zero-order chi connectivity index (χ0) is 16.9. The standard InChI is InChI=1S/C15H14F3N3OS/c1-2-19-14(23)21-20-9-12-6-7-13(22-12)10-4-3-5-11(8-10)15(16,17)18/h3-9H,2H2,1H3,(H2,19,21,23)/b20-9+. The first-order valence-electron chi connectivity index (χ1n) is 6.74. The van der Waals surface area contributed by atoms with Gasteiger partial charge >= 0.3 is 6.18 Å². The molecule has 0 aliphatic heterocycles. The number of halogens is 3. The van der Waals surface area contributed by atoms with Gasteiger partial charge in [-0.2, -0.15) is 18.3 Å². The number of hydrogen-bond acceptors (Lipinski definition) is 3. The fourth-order valence-corrected chi connectivity index (χ4v) is 1.98. The van der Waals surface area contributed by atoms with Gasteiger partial charge < -0.3 is 9.73 Å². The maximum Gasteiger partial charge on any atom is 0.416 e. The second kappa shape index (κ2) is 7.28. The minimum Gasteiger partial charge on any atom is -0.455 e. The van der Waals surface area contributed by atoms with E-state index < -0.39 is 11.7 Å². The first kappa shape index (κ1) is 17.0. The van der Waals surface area contributed by atoms with Gasteiger partial charge in [0.1, 0.15) is 11.5 Å². The summed E-state index contributed by atoms with van der Waals surface area (Å²) < 4.78 is 43.6. The van der Waals surface area contributed by atoms with Gasteiger partial charge in [0.15, 0.2) is 5.11 Å². The molecular formula is C15H14F3N3OS. The number of nitrogens with zero attached hydrogens (tertiary/aromatic N) is 1. The Labute approximate surface area is 136 Å². The number of hydrazone groups is 1. The predicted octanol–water partition coefficient (Wildman–Crippen LogP) is 3.78. The highest BCUT2D eigenvalue weighted by atomic mass is 32.1. The topological polar surface area (TPSA) is 49.6 Å². The van der Waals surface area contributed by atoms with Crippen molar-refractivity contribution in [2.24, 2.45) is 5.10 Å². The summed E-state index contributed by atoms with van der Waals surface area (Å²) in [5, 5.41) is 7.09.